The van der Waals surface area contributed by atoms with Gasteiger partial charge in [0.1, 0.15) is 24.0 Å². The summed E-state index contributed by atoms with van der Waals surface area (Å²) in [6.07, 6.45) is 1.47. The maximum atomic E-state index is 12.1. The number of phenols is 1. The number of aromatic hydroxyl groups is 1. The fourth-order valence-corrected chi connectivity index (χ4v) is 2.38. The van der Waals surface area contributed by atoms with Gasteiger partial charge in [-0.2, -0.15) is 5.26 Å². The molecule has 2 rings (SSSR count). The molecule has 0 aliphatic rings. The van der Waals surface area contributed by atoms with Crippen LogP contribution in [0, 0.1) is 11.3 Å². The molecule has 28 heavy (non-hydrogen) atoms. The van der Waals surface area contributed by atoms with Crippen LogP contribution in [0.2, 0.25) is 0 Å². The number of rotatable bonds is 11. The summed E-state index contributed by atoms with van der Waals surface area (Å²) >= 11 is 0. The van der Waals surface area contributed by atoms with Gasteiger partial charge in [0.15, 0.2) is 0 Å². The predicted octanol–water partition coefficient (Wildman–Crippen LogP) is 2.68. The molecule has 0 saturated carbocycles. The maximum absolute atomic E-state index is 12.1. The zero-order valence-corrected chi connectivity index (χ0v) is 15.7. The highest BCUT2D eigenvalue weighted by Gasteiger charge is 2.11. The van der Waals surface area contributed by atoms with E-state index in [2.05, 4.69) is 0 Å². The van der Waals surface area contributed by atoms with Crippen molar-refractivity contribution in [1.82, 2.24) is 0 Å². The second kappa shape index (κ2) is 11.7. The molecule has 0 atom stereocenters. The smallest absolute Gasteiger partial charge is 0.348 e. The standard InChI is InChI=1S/C21H23NO6/c1-25-6-7-26-8-9-27-10-11-28-21(24)19(15-22)13-16-2-3-18-14-20(23)5-4-17(18)12-16/h2-5,12-14,23H,6-11H2,1H3/b19-13+. The van der Waals surface area contributed by atoms with Gasteiger partial charge in [0, 0.05) is 7.11 Å². The molecule has 0 saturated heterocycles. The highest BCUT2D eigenvalue weighted by Crippen LogP contribution is 2.22. The van der Waals surface area contributed by atoms with Crippen molar-refractivity contribution in [3.63, 3.8) is 0 Å². The Hall–Kier alpha value is -2.92. The average molecular weight is 385 g/mol. The molecule has 0 radical (unpaired) electrons. The van der Waals surface area contributed by atoms with E-state index in [1.165, 1.54) is 6.08 Å². The molecule has 7 heteroatoms. The third-order valence-corrected chi connectivity index (χ3v) is 3.76. The number of methoxy groups -OCH3 is 1. The van der Waals surface area contributed by atoms with Crippen LogP contribution in [0.25, 0.3) is 16.8 Å². The Labute approximate surface area is 163 Å². The monoisotopic (exact) mass is 385 g/mol. The molecule has 0 spiro atoms. The first-order chi connectivity index (χ1) is 13.6. The highest BCUT2D eigenvalue weighted by molar-refractivity contribution is 5.98. The first-order valence-corrected chi connectivity index (χ1v) is 8.80. The Bertz CT molecular complexity index is 856. The van der Waals surface area contributed by atoms with Crippen molar-refractivity contribution < 1.29 is 28.8 Å². The van der Waals surface area contributed by atoms with Crippen LogP contribution in [0.3, 0.4) is 0 Å². The summed E-state index contributed by atoms with van der Waals surface area (Å²) in [7, 11) is 1.60. The van der Waals surface area contributed by atoms with Crippen molar-refractivity contribution in [3.8, 4) is 11.8 Å². The van der Waals surface area contributed by atoms with E-state index in [1.54, 1.807) is 31.4 Å². The molecule has 0 aliphatic carbocycles. The summed E-state index contributed by atoms with van der Waals surface area (Å²) in [6.45, 7) is 2.11. The van der Waals surface area contributed by atoms with Gasteiger partial charge in [0.05, 0.1) is 33.0 Å². The van der Waals surface area contributed by atoms with Gasteiger partial charge >= 0.3 is 5.97 Å². The molecule has 0 amide bonds. The molecule has 1 N–H and O–H groups in total. The van der Waals surface area contributed by atoms with Gasteiger partial charge < -0.3 is 24.1 Å². The third-order valence-electron chi connectivity index (χ3n) is 3.76. The molecule has 0 bridgehead atoms. The van der Waals surface area contributed by atoms with E-state index in [-0.39, 0.29) is 24.5 Å². The van der Waals surface area contributed by atoms with E-state index in [9.17, 15) is 15.2 Å². The zero-order chi connectivity index (χ0) is 20.2. The first kappa shape index (κ1) is 21.4. The second-order valence-corrected chi connectivity index (χ2v) is 5.81. The van der Waals surface area contributed by atoms with Gasteiger partial charge in [-0.15, -0.1) is 0 Å². The minimum Gasteiger partial charge on any atom is -0.508 e. The largest absolute Gasteiger partial charge is 0.508 e. The van der Waals surface area contributed by atoms with Crippen LogP contribution in [-0.2, 0) is 23.7 Å². The molecule has 0 unspecified atom stereocenters. The van der Waals surface area contributed by atoms with E-state index in [1.807, 2.05) is 18.2 Å². The van der Waals surface area contributed by atoms with Crippen molar-refractivity contribution in [2.45, 2.75) is 0 Å². The summed E-state index contributed by atoms with van der Waals surface area (Å²) in [4.78, 5) is 12.1. The van der Waals surface area contributed by atoms with Crippen LogP contribution in [0.1, 0.15) is 5.56 Å². The number of hydrogen-bond donors (Lipinski definition) is 1. The van der Waals surface area contributed by atoms with Crippen LogP contribution in [0.15, 0.2) is 42.0 Å². The number of hydrogen-bond acceptors (Lipinski definition) is 7. The maximum Gasteiger partial charge on any atom is 0.348 e. The highest BCUT2D eigenvalue weighted by atomic mass is 16.6. The Kier molecular flexibility index (Phi) is 8.95. The van der Waals surface area contributed by atoms with Gasteiger partial charge in [-0.3, -0.25) is 0 Å². The number of carbonyl (C=O) groups is 1. The topological polar surface area (TPSA) is 98.0 Å². The van der Waals surface area contributed by atoms with Gasteiger partial charge in [0.25, 0.3) is 0 Å². The van der Waals surface area contributed by atoms with Crippen molar-refractivity contribution in [2.75, 3.05) is 46.8 Å². The van der Waals surface area contributed by atoms with Crippen molar-refractivity contribution in [2.24, 2.45) is 0 Å². The number of fused-ring (bicyclic) bond motifs is 1. The van der Waals surface area contributed by atoms with Crippen LogP contribution < -0.4 is 0 Å². The minimum atomic E-state index is -0.701. The van der Waals surface area contributed by atoms with E-state index in [0.717, 1.165) is 10.8 Å². The van der Waals surface area contributed by atoms with E-state index in [0.29, 0.717) is 32.0 Å². The molecule has 0 aliphatic heterocycles. The van der Waals surface area contributed by atoms with Crippen LogP contribution in [-0.4, -0.2) is 57.8 Å². The van der Waals surface area contributed by atoms with Gasteiger partial charge in [-0.1, -0.05) is 18.2 Å². The molecule has 2 aromatic rings. The number of ether oxygens (including phenoxy) is 4. The van der Waals surface area contributed by atoms with Crippen LogP contribution >= 0.6 is 0 Å². The Morgan fingerprint density at radius 3 is 2.36 bits per heavy atom. The lowest BCUT2D eigenvalue weighted by Crippen LogP contribution is -2.14. The summed E-state index contributed by atoms with van der Waals surface area (Å²) in [5.41, 5.74) is 0.595. The fourth-order valence-electron chi connectivity index (χ4n) is 2.38. The number of nitriles is 1. The number of nitrogens with zero attached hydrogens (tertiary/aromatic N) is 1. The Morgan fingerprint density at radius 1 is 1.00 bits per heavy atom. The molecule has 7 nitrogen and oxygen atoms in total. The first-order valence-electron chi connectivity index (χ1n) is 8.80. The molecule has 0 heterocycles. The Balaban J connectivity index is 1.81. The third kappa shape index (κ3) is 7.00. The lowest BCUT2D eigenvalue weighted by atomic mass is 10.0. The van der Waals surface area contributed by atoms with Gasteiger partial charge in [0.2, 0.25) is 0 Å². The SMILES string of the molecule is COCCOCCOCCOC(=O)/C(C#N)=C/c1ccc2cc(O)ccc2c1. The zero-order valence-electron chi connectivity index (χ0n) is 15.7. The average Bonchev–Trinajstić information content (AvgIpc) is 2.70. The van der Waals surface area contributed by atoms with E-state index in [4.69, 9.17) is 18.9 Å². The lowest BCUT2D eigenvalue weighted by molar-refractivity contribution is -0.140. The minimum absolute atomic E-state index is 0.0485. The number of benzene rings is 2. The van der Waals surface area contributed by atoms with Crippen molar-refractivity contribution in [3.05, 3.63) is 47.5 Å². The van der Waals surface area contributed by atoms with Crippen LogP contribution in [0.4, 0.5) is 0 Å². The van der Waals surface area contributed by atoms with Crippen molar-refractivity contribution in [1.29, 1.82) is 5.26 Å². The summed E-state index contributed by atoms with van der Waals surface area (Å²) in [5, 5.41) is 20.5. The number of esters is 1. The molecule has 0 aromatic heterocycles. The van der Waals surface area contributed by atoms with Gasteiger partial charge in [-0.05, 0) is 40.6 Å². The second-order valence-electron chi connectivity index (χ2n) is 5.81. The lowest BCUT2D eigenvalue weighted by Gasteiger charge is -2.06. The quantitative estimate of drug-likeness (QED) is 0.275. The van der Waals surface area contributed by atoms with E-state index >= 15 is 0 Å². The summed E-state index contributed by atoms with van der Waals surface area (Å²) < 4.78 is 20.4. The summed E-state index contributed by atoms with van der Waals surface area (Å²) in [5.74, 6) is -0.519. The normalized spacial score (nSPS) is 11.4. The van der Waals surface area contributed by atoms with Crippen molar-refractivity contribution >= 4 is 22.8 Å². The van der Waals surface area contributed by atoms with Gasteiger partial charge in [-0.25, -0.2) is 4.79 Å². The predicted molar refractivity (Wildman–Crippen MR) is 104 cm³/mol. The number of carbonyl (C=O) groups excluding carboxylic acids is 1. The fraction of sp³-hybridized carbons (Fsp3) is 0.333. The Morgan fingerprint density at radius 2 is 1.64 bits per heavy atom. The molecule has 2 aromatic carbocycles. The molecule has 148 valence electrons. The molecular formula is C21H23NO6. The summed E-state index contributed by atoms with van der Waals surface area (Å²) in [6, 6.07) is 12.3. The van der Waals surface area contributed by atoms with E-state index < -0.39 is 5.97 Å². The molecular weight excluding hydrogens is 362 g/mol. The molecule has 0 fully saturated rings. The van der Waals surface area contributed by atoms with Crippen LogP contribution in [0.5, 0.6) is 5.75 Å². The number of phenolic OH excluding ortho intramolecular Hbond substituents is 1.